The SMILES string of the molecule is COC(=O)c1nc(-c2ccc3c(c2)CCC3)sc1N. The largest absolute Gasteiger partial charge is 0.464 e. The van der Waals surface area contributed by atoms with E-state index in [9.17, 15) is 4.79 Å². The number of esters is 1. The minimum absolute atomic E-state index is 0.211. The number of benzene rings is 1. The van der Waals surface area contributed by atoms with Crippen molar-refractivity contribution in [3.8, 4) is 10.6 Å². The Morgan fingerprint density at radius 3 is 2.95 bits per heavy atom. The molecule has 19 heavy (non-hydrogen) atoms. The zero-order valence-corrected chi connectivity index (χ0v) is 11.4. The van der Waals surface area contributed by atoms with Crippen LogP contribution in [0.2, 0.25) is 0 Å². The quantitative estimate of drug-likeness (QED) is 0.855. The van der Waals surface area contributed by atoms with Crippen LogP contribution in [0.3, 0.4) is 0 Å². The molecule has 0 atom stereocenters. The number of hydrogen-bond acceptors (Lipinski definition) is 5. The maximum atomic E-state index is 11.5. The van der Waals surface area contributed by atoms with Crippen LogP contribution in [0.25, 0.3) is 10.6 Å². The monoisotopic (exact) mass is 274 g/mol. The van der Waals surface area contributed by atoms with Crippen molar-refractivity contribution in [2.75, 3.05) is 12.8 Å². The Morgan fingerprint density at radius 1 is 1.37 bits per heavy atom. The first kappa shape index (κ1) is 12.2. The standard InChI is InChI=1S/C14H14N2O2S/c1-18-14(17)11-12(15)19-13(16-11)10-6-5-8-3-2-4-9(8)7-10/h5-7H,2-4,15H2,1H3. The second-order valence-corrected chi connectivity index (χ2v) is 5.59. The molecule has 2 N–H and O–H groups in total. The van der Waals surface area contributed by atoms with E-state index in [2.05, 4.69) is 21.9 Å². The summed E-state index contributed by atoms with van der Waals surface area (Å²) in [4.78, 5) is 15.8. The Morgan fingerprint density at radius 2 is 2.16 bits per heavy atom. The molecule has 0 spiro atoms. The molecule has 0 saturated heterocycles. The Hall–Kier alpha value is -1.88. The summed E-state index contributed by atoms with van der Waals surface area (Å²) >= 11 is 1.32. The summed E-state index contributed by atoms with van der Waals surface area (Å²) < 4.78 is 4.67. The first-order valence-electron chi connectivity index (χ1n) is 6.16. The molecule has 4 nitrogen and oxygen atoms in total. The van der Waals surface area contributed by atoms with Gasteiger partial charge in [0.2, 0.25) is 0 Å². The molecule has 1 aromatic carbocycles. The molecule has 3 rings (SSSR count). The average molecular weight is 274 g/mol. The number of thiazole rings is 1. The second kappa shape index (κ2) is 4.66. The van der Waals surface area contributed by atoms with Crippen molar-refractivity contribution in [2.24, 2.45) is 0 Å². The van der Waals surface area contributed by atoms with E-state index in [1.807, 2.05) is 6.07 Å². The second-order valence-electron chi connectivity index (χ2n) is 4.56. The summed E-state index contributed by atoms with van der Waals surface area (Å²) in [5, 5.41) is 1.18. The van der Waals surface area contributed by atoms with Crippen molar-refractivity contribution in [1.82, 2.24) is 4.98 Å². The Balaban J connectivity index is 2.01. The molecule has 0 amide bonds. The number of methoxy groups -OCH3 is 1. The van der Waals surface area contributed by atoms with Crippen molar-refractivity contribution < 1.29 is 9.53 Å². The van der Waals surface area contributed by atoms with Crippen molar-refractivity contribution in [3.05, 3.63) is 35.0 Å². The molecule has 1 aliphatic rings. The van der Waals surface area contributed by atoms with Crippen LogP contribution in [0.1, 0.15) is 28.0 Å². The molecule has 1 aromatic heterocycles. The van der Waals surface area contributed by atoms with Gasteiger partial charge in [-0.1, -0.05) is 23.5 Å². The van der Waals surface area contributed by atoms with E-state index < -0.39 is 5.97 Å². The number of fused-ring (bicyclic) bond motifs is 1. The lowest BCUT2D eigenvalue weighted by atomic mass is 10.1. The lowest BCUT2D eigenvalue weighted by Gasteiger charge is -2.01. The number of ether oxygens (including phenoxy) is 1. The maximum absolute atomic E-state index is 11.5. The topological polar surface area (TPSA) is 65.2 Å². The van der Waals surface area contributed by atoms with Gasteiger partial charge in [0, 0.05) is 5.56 Å². The Labute approximate surface area is 115 Å². The van der Waals surface area contributed by atoms with Gasteiger partial charge in [-0.15, -0.1) is 0 Å². The van der Waals surface area contributed by atoms with Crippen LogP contribution < -0.4 is 5.73 Å². The number of aromatic nitrogens is 1. The van der Waals surface area contributed by atoms with Crippen LogP contribution in [0.4, 0.5) is 5.00 Å². The van der Waals surface area contributed by atoms with Crippen molar-refractivity contribution in [1.29, 1.82) is 0 Å². The third-order valence-electron chi connectivity index (χ3n) is 3.38. The number of carbonyl (C=O) groups is 1. The van der Waals surface area contributed by atoms with E-state index in [1.165, 1.54) is 36.0 Å². The molecule has 0 saturated carbocycles. The van der Waals surface area contributed by atoms with Crippen LogP contribution in [0, 0.1) is 0 Å². The van der Waals surface area contributed by atoms with Gasteiger partial charge in [0.25, 0.3) is 0 Å². The number of nitrogen functional groups attached to an aromatic ring is 1. The van der Waals surface area contributed by atoms with E-state index in [-0.39, 0.29) is 5.69 Å². The number of nitrogens with two attached hydrogens (primary N) is 1. The molecule has 2 aromatic rings. The summed E-state index contributed by atoms with van der Waals surface area (Å²) in [5.74, 6) is -0.485. The number of aryl methyl sites for hydroxylation is 2. The van der Waals surface area contributed by atoms with E-state index >= 15 is 0 Å². The normalized spacial score (nSPS) is 13.3. The predicted octanol–water partition coefficient (Wildman–Crippen LogP) is 2.67. The van der Waals surface area contributed by atoms with Gasteiger partial charge >= 0.3 is 5.97 Å². The highest BCUT2D eigenvalue weighted by molar-refractivity contribution is 7.19. The van der Waals surface area contributed by atoms with E-state index in [0.717, 1.165) is 23.4 Å². The average Bonchev–Trinajstić information content (AvgIpc) is 3.03. The summed E-state index contributed by atoms with van der Waals surface area (Å²) in [6.07, 6.45) is 3.49. The summed E-state index contributed by atoms with van der Waals surface area (Å²) in [7, 11) is 1.33. The fourth-order valence-electron chi connectivity index (χ4n) is 2.40. The fourth-order valence-corrected chi connectivity index (χ4v) is 3.22. The molecule has 0 bridgehead atoms. The third-order valence-corrected chi connectivity index (χ3v) is 4.31. The van der Waals surface area contributed by atoms with Crippen LogP contribution in [-0.2, 0) is 17.6 Å². The molecule has 1 heterocycles. The first-order chi connectivity index (χ1) is 9.19. The lowest BCUT2D eigenvalue weighted by Crippen LogP contribution is -2.04. The highest BCUT2D eigenvalue weighted by Gasteiger charge is 2.19. The van der Waals surface area contributed by atoms with Crippen molar-refractivity contribution in [2.45, 2.75) is 19.3 Å². The Kier molecular flexibility index (Phi) is 2.98. The number of nitrogens with zero attached hydrogens (tertiary/aromatic N) is 1. The van der Waals surface area contributed by atoms with Gasteiger partial charge in [-0.2, -0.15) is 0 Å². The molecular weight excluding hydrogens is 260 g/mol. The van der Waals surface area contributed by atoms with Gasteiger partial charge in [-0.25, -0.2) is 9.78 Å². The van der Waals surface area contributed by atoms with Gasteiger partial charge in [-0.05, 0) is 36.5 Å². The predicted molar refractivity (Wildman–Crippen MR) is 75.3 cm³/mol. The molecule has 0 fully saturated rings. The first-order valence-corrected chi connectivity index (χ1v) is 6.97. The van der Waals surface area contributed by atoms with Crippen molar-refractivity contribution >= 4 is 22.3 Å². The van der Waals surface area contributed by atoms with E-state index in [4.69, 9.17) is 5.73 Å². The van der Waals surface area contributed by atoms with E-state index in [1.54, 1.807) is 0 Å². The van der Waals surface area contributed by atoms with Gasteiger partial charge in [0.05, 0.1) is 7.11 Å². The highest BCUT2D eigenvalue weighted by Crippen LogP contribution is 2.33. The summed E-state index contributed by atoms with van der Waals surface area (Å²) in [6.45, 7) is 0. The summed E-state index contributed by atoms with van der Waals surface area (Å²) in [5.41, 5.74) is 9.85. The molecule has 0 aliphatic heterocycles. The molecular formula is C14H14N2O2S. The van der Waals surface area contributed by atoms with Crippen LogP contribution >= 0.6 is 11.3 Å². The van der Waals surface area contributed by atoms with Gasteiger partial charge < -0.3 is 10.5 Å². The Bertz CT molecular complexity index is 649. The molecule has 5 heteroatoms. The van der Waals surface area contributed by atoms with Gasteiger partial charge in [-0.3, -0.25) is 0 Å². The number of carbonyl (C=O) groups excluding carboxylic acids is 1. The smallest absolute Gasteiger partial charge is 0.359 e. The molecule has 0 radical (unpaired) electrons. The van der Waals surface area contributed by atoms with Crippen LogP contribution in [-0.4, -0.2) is 18.1 Å². The van der Waals surface area contributed by atoms with Crippen molar-refractivity contribution in [3.63, 3.8) is 0 Å². The molecule has 1 aliphatic carbocycles. The minimum atomic E-state index is -0.485. The zero-order valence-electron chi connectivity index (χ0n) is 10.6. The maximum Gasteiger partial charge on any atom is 0.359 e. The number of rotatable bonds is 2. The third kappa shape index (κ3) is 2.10. The summed E-state index contributed by atoms with van der Waals surface area (Å²) in [6, 6.07) is 6.35. The van der Waals surface area contributed by atoms with E-state index in [0.29, 0.717) is 5.00 Å². The number of anilines is 1. The lowest BCUT2D eigenvalue weighted by molar-refractivity contribution is 0.0596. The van der Waals surface area contributed by atoms with Gasteiger partial charge in [0.1, 0.15) is 10.0 Å². The number of hydrogen-bond donors (Lipinski definition) is 1. The molecule has 98 valence electrons. The molecule has 0 unspecified atom stereocenters. The minimum Gasteiger partial charge on any atom is -0.464 e. The highest BCUT2D eigenvalue weighted by atomic mass is 32.1. The fraction of sp³-hybridized carbons (Fsp3) is 0.286. The van der Waals surface area contributed by atoms with Crippen LogP contribution in [0.5, 0.6) is 0 Å². The van der Waals surface area contributed by atoms with Crippen LogP contribution in [0.15, 0.2) is 18.2 Å². The zero-order chi connectivity index (χ0) is 13.4. The van der Waals surface area contributed by atoms with Gasteiger partial charge in [0.15, 0.2) is 5.69 Å².